The number of aryl methyl sites for hydroxylation is 1. The standard InChI is InChI=1S/C18H22N4O3S/c1-12-3-4-16(23)15(9-12)13(2)20-21-17(24)10-14-11-26-18(19-14)22-5-7-25-8-6-22/h3-4,9,11,23H,5-8,10H2,1-2H3,(H,21,24)/b20-13+. The van der Waals surface area contributed by atoms with E-state index in [-0.39, 0.29) is 18.1 Å². The van der Waals surface area contributed by atoms with E-state index < -0.39 is 0 Å². The first-order valence-electron chi connectivity index (χ1n) is 8.43. The molecule has 0 radical (unpaired) electrons. The predicted molar refractivity (Wildman–Crippen MR) is 102 cm³/mol. The summed E-state index contributed by atoms with van der Waals surface area (Å²) in [6, 6.07) is 5.27. The lowest BCUT2D eigenvalue weighted by molar-refractivity contribution is -0.120. The number of phenols is 1. The highest BCUT2D eigenvalue weighted by atomic mass is 32.1. The zero-order valence-corrected chi connectivity index (χ0v) is 15.7. The molecule has 1 aromatic carbocycles. The Morgan fingerprint density at radius 2 is 2.19 bits per heavy atom. The topological polar surface area (TPSA) is 87.1 Å². The van der Waals surface area contributed by atoms with Gasteiger partial charge in [0, 0.05) is 24.0 Å². The number of anilines is 1. The minimum absolute atomic E-state index is 0.140. The van der Waals surface area contributed by atoms with E-state index in [9.17, 15) is 9.90 Å². The van der Waals surface area contributed by atoms with Crippen molar-refractivity contribution in [3.05, 3.63) is 40.4 Å². The molecule has 0 atom stereocenters. The maximum absolute atomic E-state index is 12.1. The number of carbonyl (C=O) groups excluding carboxylic acids is 1. The fourth-order valence-electron chi connectivity index (χ4n) is 2.63. The number of aromatic nitrogens is 1. The number of carbonyl (C=O) groups is 1. The normalized spacial score (nSPS) is 15.2. The summed E-state index contributed by atoms with van der Waals surface area (Å²) in [6.45, 7) is 6.73. The quantitative estimate of drug-likeness (QED) is 0.618. The number of phenolic OH excluding ortho intramolecular Hbond substituents is 1. The lowest BCUT2D eigenvalue weighted by Gasteiger charge is -2.26. The van der Waals surface area contributed by atoms with Crippen molar-refractivity contribution in [2.75, 3.05) is 31.2 Å². The summed E-state index contributed by atoms with van der Waals surface area (Å²) in [4.78, 5) is 18.8. The van der Waals surface area contributed by atoms with E-state index in [1.54, 1.807) is 13.0 Å². The molecule has 0 unspecified atom stereocenters. The van der Waals surface area contributed by atoms with Crippen molar-refractivity contribution in [1.29, 1.82) is 0 Å². The molecule has 0 aliphatic carbocycles. The number of nitrogens with zero attached hydrogens (tertiary/aromatic N) is 3. The Morgan fingerprint density at radius 3 is 2.96 bits per heavy atom. The van der Waals surface area contributed by atoms with Gasteiger partial charge in [-0.05, 0) is 26.0 Å². The SMILES string of the molecule is C/C(=N\NC(=O)Cc1csc(N2CCOCC2)n1)c1cc(C)ccc1O. The van der Waals surface area contributed by atoms with E-state index in [2.05, 4.69) is 20.4 Å². The summed E-state index contributed by atoms with van der Waals surface area (Å²) in [7, 11) is 0. The molecule has 2 heterocycles. The molecular formula is C18H22N4O3S. The van der Waals surface area contributed by atoms with E-state index in [0.717, 1.165) is 29.5 Å². The zero-order chi connectivity index (χ0) is 18.5. The third-order valence-electron chi connectivity index (χ3n) is 4.05. The Balaban J connectivity index is 1.58. The van der Waals surface area contributed by atoms with Crippen LogP contribution in [0.3, 0.4) is 0 Å². The fourth-order valence-corrected chi connectivity index (χ4v) is 3.51. The van der Waals surface area contributed by atoms with Crippen LogP contribution in [0.15, 0.2) is 28.7 Å². The fraction of sp³-hybridized carbons (Fsp3) is 0.389. The molecule has 1 aliphatic heterocycles. The van der Waals surface area contributed by atoms with Gasteiger partial charge in [0.1, 0.15) is 5.75 Å². The zero-order valence-electron chi connectivity index (χ0n) is 14.9. The number of nitrogens with one attached hydrogen (secondary N) is 1. The van der Waals surface area contributed by atoms with E-state index in [4.69, 9.17) is 4.74 Å². The molecule has 0 saturated carbocycles. The largest absolute Gasteiger partial charge is 0.507 e. The molecule has 1 aromatic heterocycles. The Kier molecular flexibility index (Phi) is 5.85. The summed E-state index contributed by atoms with van der Waals surface area (Å²) >= 11 is 1.53. The average Bonchev–Trinajstić information content (AvgIpc) is 3.11. The van der Waals surface area contributed by atoms with Gasteiger partial charge in [0.15, 0.2) is 5.13 Å². The Morgan fingerprint density at radius 1 is 1.42 bits per heavy atom. The highest BCUT2D eigenvalue weighted by Crippen LogP contribution is 2.22. The van der Waals surface area contributed by atoms with Crippen LogP contribution in [0.1, 0.15) is 23.7 Å². The molecule has 0 spiro atoms. The van der Waals surface area contributed by atoms with E-state index in [1.165, 1.54) is 11.3 Å². The van der Waals surface area contributed by atoms with Crippen LogP contribution < -0.4 is 10.3 Å². The van der Waals surface area contributed by atoms with Gasteiger partial charge in [0.25, 0.3) is 0 Å². The van der Waals surface area contributed by atoms with Gasteiger partial charge in [-0.25, -0.2) is 10.4 Å². The number of hydrogen-bond acceptors (Lipinski definition) is 7. The van der Waals surface area contributed by atoms with Gasteiger partial charge in [-0.1, -0.05) is 11.6 Å². The molecule has 1 aliphatic rings. The number of hydrogen-bond donors (Lipinski definition) is 2. The van der Waals surface area contributed by atoms with E-state index in [1.807, 2.05) is 24.4 Å². The average molecular weight is 374 g/mol. The van der Waals surface area contributed by atoms with Gasteiger partial charge in [-0.3, -0.25) is 4.79 Å². The first-order valence-corrected chi connectivity index (χ1v) is 9.31. The molecule has 0 bridgehead atoms. The molecule has 7 nitrogen and oxygen atoms in total. The number of hydrazone groups is 1. The summed E-state index contributed by atoms with van der Waals surface area (Å²) in [5, 5.41) is 16.8. The summed E-state index contributed by atoms with van der Waals surface area (Å²) < 4.78 is 5.34. The van der Waals surface area contributed by atoms with Crippen LogP contribution in [-0.4, -0.2) is 48.0 Å². The number of rotatable bonds is 5. The van der Waals surface area contributed by atoms with Crippen molar-refractivity contribution in [3.8, 4) is 5.75 Å². The summed E-state index contributed by atoms with van der Waals surface area (Å²) in [5.41, 5.74) is 5.42. The van der Waals surface area contributed by atoms with Crippen molar-refractivity contribution in [1.82, 2.24) is 10.4 Å². The monoisotopic (exact) mass is 374 g/mol. The van der Waals surface area contributed by atoms with Gasteiger partial charge >= 0.3 is 0 Å². The minimum Gasteiger partial charge on any atom is -0.507 e. The number of aromatic hydroxyl groups is 1. The smallest absolute Gasteiger partial charge is 0.246 e. The van der Waals surface area contributed by atoms with Gasteiger partial charge in [0.05, 0.1) is 31.0 Å². The number of ether oxygens (including phenoxy) is 1. The molecule has 2 N–H and O–H groups in total. The number of morpholine rings is 1. The molecule has 3 rings (SSSR count). The Hall–Kier alpha value is -2.45. The van der Waals surface area contributed by atoms with Gasteiger partial charge in [-0.2, -0.15) is 5.10 Å². The van der Waals surface area contributed by atoms with Crippen LogP contribution in [0.25, 0.3) is 0 Å². The number of benzene rings is 1. The van der Waals surface area contributed by atoms with Gasteiger partial charge in [0.2, 0.25) is 5.91 Å². The number of thiazole rings is 1. The van der Waals surface area contributed by atoms with Crippen LogP contribution in [0.4, 0.5) is 5.13 Å². The molecular weight excluding hydrogens is 352 g/mol. The van der Waals surface area contributed by atoms with Crippen LogP contribution in [0, 0.1) is 6.92 Å². The van der Waals surface area contributed by atoms with E-state index >= 15 is 0 Å². The summed E-state index contributed by atoms with van der Waals surface area (Å²) in [6.07, 6.45) is 0.164. The van der Waals surface area contributed by atoms with Crippen LogP contribution in [0.5, 0.6) is 5.75 Å². The van der Waals surface area contributed by atoms with Crippen molar-refractivity contribution in [2.45, 2.75) is 20.3 Å². The second kappa shape index (κ2) is 8.29. The van der Waals surface area contributed by atoms with Crippen LogP contribution >= 0.6 is 11.3 Å². The second-order valence-electron chi connectivity index (χ2n) is 6.15. The van der Waals surface area contributed by atoms with Crippen molar-refractivity contribution in [2.24, 2.45) is 5.10 Å². The van der Waals surface area contributed by atoms with Crippen molar-refractivity contribution >= 4 is 28.1 Å². The first-order chi connectivity index (χ1) is 12.5. The second-order valence-corrected chi connectivity index (χ2v) is 6.99. The minimum atomic E-state index is -0.240. The molecule has 2 aromatic rings. The van der Waals surface area contributed by atoms with Gasteiger partial charge < -0.3 is 14.7 Å². The molecule has 1 amide bonds. The van der Waals surface area contributed by atoms with Crippen molar-refractivity contribution in [3.63, 3.8) is 0 Å². The molecule has 26 heavy (non-hydrogen) atoms. The predicted octanol–water partition coefficient (Wildman–Crippen LogP) is 2.08. The Labute approximate surface area is 156 Å². The Bertz CT molecular complexity index is 813. The van der Waals surface area contributed by atoms with Crippen LogP contribution in [-0.2, 0) is 16.0 Å². The van der Waals surface area contributed by atoms with E-state index in [0.29, 0.717) is 24.5 Å². The van der Waals surface area contributed by atoms with Crippen LogP contribution in [0.2, 0.25) is 0 Å². The summed E-state index contributed by atoms with van der Waals surface area (Å²) in [5.74, 6) is -0.101. The first kappa shape index (κ1) is 18.3. The molecule has 8 heteroatoms. The lowest BCUT2D eigenvalue weighted by atomic mass is 10.1. The third kappa shape index (κ3) is 4.59. The number of amides is 1. The molecule has 1 fully saturated rings. The van der Waals surface area contributed by atoms with Gasteiger partial charge in [-0.15, -0.1) is 11.3 Å². The highest BCUT2D eigenvalue weighted by molar-refractivity contribution is 7.13. The highest BCUT2D eigenvalue weighted by Gasteiger charge is 2.15. The third-order valence-corrected chi connectivity index (χ3v) is 5.00. The maximum atomic E-state index is 12.1. The maximum Gasteiger partial charge on any atom is 0.246 e. The molecule has 138 valence electrons. The molecule has 1 saturated heterocycles. The van der Waals surface area contributed by atoms with Crippen molar-refractivity contribution < 1.29 is 14.6 Å². The lowest BCUT2D eigenvalue weighted by Crippen LogP contribution is -2.36.